The average molecular weight is 511 g/mol. The van der Waals surface area contributed by atoms with Gasteiger partial charge in [0.25, 0.3) is 5.56 Å². The Bertz CT molecular complexity index is 1690. The van der Waals surface area contributed by atoms with Gasteiger partial charge in [-0.1, -0.05) is 29.3 Å². The van der Waals surface area contributed by atoms with Gasteiger partial charge in [0.2, 0.25) is 0 Å². The van der Waals surface area contributed by atoms with Crippen LogP contribution >= 0.6 is 23.2 Å². The Hall–Kier alpha value is -3.61. The number of nitriles is 1. The van der Waals surface area contributed by atoms with E-state index in [9.17, 15) is 19.2 Å². The normalized spacial score (nSPS) is 15.9. The van der Waals surface area contributed by atoms with Crippen molar-refractivity contribution in [3.8, 4) is 23.0 Å². The van der Waals surface area contributed by atoms with Gasteiger partial charge in [0, 0.05) is 35.8 Å². The van der Waals surface area contributed by atoms with Gasteiger partial charge in [-0.15, -0.1) is 0 Å². The van der Waals surface area contributed by atoms with E-state index in [1.54, 1.807) is 22.7 Å². The summed E-state index contributed by atoms with van der Waals surface area (Å²) in [5, 5.41) is 9.88. The second-order valence-electron chi connectivity index (χ2n) is 9.04. The zero-order valence-corrected chi connectivity index (χ0v) is 19.7. The zero-order chi connectivity index (χ0) is 24.5. The number of aromatic nitrogens is 4. The molecule has 2 aliphatic rings. The first-order valence-electron chi connectivity index (χ1n) is 10.9. The molecule has 11 heteroatoms. The third-order valence-corrected chi connectivity index (χ3v) is 7.27. The lowest BCUT2D eigenvalue weighted by Crippen LogP contribution is -2.53. The van der Waals surface area contributed by atoms with E-state index in [2.05, 4.69) is 4.98 Å². The Morgan fingerprint density at radius 1 is 1.14 bits per heavy atom. The van der Waals surface area contributed by atoms with Gasteiger partial charge in [0.05, 0.1) is 22.9 Å². The Kier molecular flexibility index (Phi) is 4.82. The molecule has 0 N–H and O–H groups in total. The van der Waals surface area contributed by atoms with E-state index in [1.807, 2.05) is 11.0 Å². The summed E-state index contributed by atoms with van der Waals surface area (Å²) in [7, 11) is 0. The lowest BCUT2D eigenvalue weighted by molar-refractivity contribution is 0.378. The first-order valence-corrected chi connectivity index (χ1v) is 11.7. The summed E-state index contributed by atoms with van der Waals surface area (Å²) in [5.41, 5.74) is -0.112. The molecule has 8 nitrogen and oxygen atoms in total. The van der Waals surface area contributed by atoms with Gasteiger partial charge in [0.1, 0.15) is 29.6 Å². The number of fused-ring (bicyclic) bond motifs is 1. The molecule has 35 heavy (non-hydrogen) atoms. The molecule has 0 radical (unpaired) electrons. The maximum Gasteiger partial charge on any atom is 0.339 e. The summed E-state index contributed by atoms with van der Waals surface area (Å²) < 4.78 is 17.8. The molecule has 1 aliphatic heterocycles. The van der Waals surface area contributed by atoms with E-state index in [1.165, 1.54) is 29.0 Å². The van der Waals surface area contributed by atoms with Crippen molar-refractivity contribution in [1.82, 2.24) is 18.5 Å². The molecule has 1 aromatic carbocycles. The Labute approximate surface area is 208 Å². The minimum atomic E-state index is -0.669. The van der Waals surface area contributed by atoms with Crippen LogP contribution in [0.2, 0.25) is 10.0 Å². The summed E-state index contributed by atoms with van der Waals surface area (Å²) in [6, 6.07) is 9.25. The molecular formula is C24H17Cl2FN6O2. The third kappa shape index (κ3) is 3.36. The number of hydrogen-bond acceptors (Lipinski definition) is 5. The van der Waals surface area contributed by atoms with E-state index in [-0.39, 0.29) is 28.4 Å². The van der Waals surface area contributed by atoms with Crippen LogP contribution in [0.4, 0.5) is 10.2 Å². The third-order valence-electron chi connectivity index (χ3n) is 6.75. The predicted molar refractivity (Wildman–Crippen MR) is 130 cm³/mol. The minimum Gasteiger partial charge on any atom is -0.356 e. The van der Waals surface area contributed by atoms with Gasteiger partial charge in [-0.05, 0) is 36.6 Å². The summed E-state index contributed by atoms with van der Waals surface area (Å²) in [4.78, 5) is 34.0. The van der Waals surface area contributed by atoms with Crippen LogP contribution in [-0.4, -0.2) is 31.6 Å². The van der Waals surface area contributed by atoms with Crippen molar-refractivity contribution < 1.29 is 4.39 Å². The van der Waals surface area contributed by atoms with Crippen LogP contribution in [0.1, 0.15) is 12.8 Å². The highest BCUT2D eigenvalue weighted by Gasteiger charge is 2.53. The van der Waals surface area contributed by atoms with E-state index in [0.29, 0.717) is 35.1 Å². The molecule has 0 amide bonds. The van der Waals surface area contributed by atoms with Crippen LogP contribution < -0.4 is 16.1 Å². The van der Waals surface area contributed by atoms with Crippen molar-refractivity contribution in [3.05, 3.63) is 79.4 Å². The van der Waals surface area contributed by atoms with Crippen LogP contribution in [0.25, 0.3) is 22.6 Å². The van der Waals surface area contributed by atoms with Crippen LogP contribution in [0.3, 0.4) is 0 Å². The molecule has 1 saturated carbocycles. The van der Waals surface area contributed by atoms with Crippen LogP contribution in [0, 0.1) is 22.6 Å². The van der Waals surface area contributed by atoms with Gasteiger partial charge in [-0.25, -0.2) is 18.7 Å². The maximum absolute atomic E-state index is 14.0. The Morgan fingerprint density at radius 2 is 1.91 bits per heavy atom. The lowest BCUT2D eigenvalue weighted by atomic mass is 9.95. The number of benzene rings is 1. The molecule has 4 aromatic rings. The predicted octanol–water partition coefficient (Wildman–Crippen LogP) is 3.88. The number of hydrogen-bond donors (Lipinski definition) is 0. The molecule has 2 fully saturated rings. The second kappa shape index (κ2) is 7.70. The van der Waals surface area contributed by atoms with Gasteiger partial charge in [-0.2, -0.15) is 5.26 Å². The summed E-state index contributed by atoms with van der Waals surface area (Å²) >= 11 is 12.1. The smallest absolute Gasteiger partial charge is 0.339 e. The van der Waals surface area contributed by atoms with E-state index >= 15 is 0 Å². The summed E-state index contributed by atoms with van der Waals surface area (Å²) in [5.74, 6) is -0.0845. The Morgan fingerprint density at radius 3 is 2.60 bits per heavy atom. The molecule has 1 spiro atoms. The summed E-state index contributed by atoms with van der Waals surface area (Å²) in [6.45, 7) is 1.08. The topological polar surface area (TPSA) is 88.3 Å². The van der Waals surface area contributed by atoms with E-state index < -0.39 is 17.1 Å². The van der Waals surface area contributed by atoms with Crippen molar-refractivity contribution in [2.75, 3.05) is 18.0 Å². The van der Waals surface area contributed by atoms with Gasteiger partial charge in [0.15, 0.2) is 0 Å². The fourth-order valence-corrected chi connectivity index (χ4v) is 5.14. The van der Waals surface area contributed by atoms with Gasteiger partial charge in [-0.3, -0.25) is 13.8 Å². The monoisotopic (exact) mass is 510 g/mol. The fraction of sp³-hybridized carbons (Fsp3) is 0.250. The molecule has 0 unspecified atom stereocenters. The standard InChI is InChI=1S/C24H17Cl2FN6O2/c25-15-3-7-31-18(10-15)29-11-19(31)33-22(34)20(14-1-2-17(27)16(26)9-14)21(32(8-6-28)23(33)35)30-12-24(13-30)4-5-24/h1-3,7,9-11H,4-5,8,12-13H2. The Balaban J connectivity index is 1.68. The van der Waals surface area contributed by atoms with E-state index in [4.69, 9.17) is 23.2 Å². The second-order valence-corrected chi connectivity index (χ2v) is 9.88. The van der Waals surface area contributed by atoms with Gasteiger partial charge < -0.3 is 4.90 Å². The highest BCUT2D eigenvalue weighted by atomic mass is 35.5. The molecule has 4 heterocycles. The average Bonchev–Trinajstić information content (AvgIpc) is 3.51. The SMILES string of the molecule is N#CCn1c(N2CC3(CC3)C2)c(-c2ccc(F)c(Cl)c2)c(=O)n(-c2cnc3cc(Cl)ccn23)c1=O. The number of pyridine rings is 1. The van der Waals surface area contributed by atoms with Crippen molar-refractivity contribution in [2.24, 2.45) is 5.41 Å². The number of halogens is 3. The molecule has 0 bridgehead atoms. The van der Waals surface area contributed by atoms with Crippen LogP contribution in [-0.2, 0) is 6.54 Å². The zero-order valence-electron chi connectivity index (χ0n) is 18.2. The quantitative estimate of drug-likeness (QED) is 0.415. The number of imidazole rings is 1. The van der Waals surface area contributed by atoms with Crippen molar-refractivity contribution in [3.63, 3.8) is 0 Å². The van der Waals surface area contributed by atoms with E-state index in [0.717, 1.165) is 17.4 Å². The molecule has 1 saturated heterocycles. The molecule has 176 valence electrons. The van der Waals surface area contributed by atoms with Crippen LogP contribution in [0.5, 0.6) is 0 Å². The largest absolute Gasteiger partial charge is 0.356 e. The number of nitrogens with zero attached hydrogens (tertiary/aromatic N) is 6. The highest BCUT2D eigenvalue weighted by molar-refractivity contribution is 6.31. The summed E-state index contributed by atoms with van der Waals surface area (Å²) in [6.07, 6.45) is 5.18. The molecule has 3 aromatic heterocycles. The minimum absolute atomic E-state index is 0.149. The van der Waals surface area contributed by atoms with Crippen molar-refractivity contribution in [1.29, 1.82) is 5.26 Å². The molecule has 0 atom stereocenters. The fourth-order valence-electron chi connectivity index (χ4n) is 4.80. The van der Waals surface area contributed by atoms with Crippen molar-refractivity contribution in [2.45, 2.75) is 19.4 Å². The highest BCUT2D eigenvalue weighted by Crippen LogP contribution is 2.54. The molecular weight excluding hydrogens is 494 g/mol. The first-order chi connectivity index (χ1) is 16.8. The number of anilines is 1. The lowest BCUT2D eigenvalue weighted by Gasteiger charge is -2.43. The van der Waals surface area contributed by atoms with Crippen LogP contribution in [0.15, 0.2) is 52.3 Å². The first kappa shape index (κ1) is 21.9. The van der Waals surface area contributed by atoms with Gasteiger partial charge >= 0.3 is 5.69 Å². The molecule has 1 aliphatic carbocycles. The maximum atomic E-state index is 14.0. The van der Waals surface area contributed by atoms with Crippen molar-refractivity contribution >= 4 is 34.7 Å². The molecule has 6 rings (SSSR count). The number of rotatable bonds is 4.